The minimum Gasteiger partial charge on any atom is -0.261 e. The van der Waals surface area contributed by atoms with Crippen molar-refractivity contribution in [2.75, 3.05) is 0 Å². The number of nitrogens with zero attached hydrogens (tertiary/aromatic N) is 2. The highest BCUT2D eigenvalue weighted by Crippen LogP contribution is 2.11. The number of aromatic nitrogens is 2. The largest absolute Gasteiger partial charge is 0.261 e. The molecule has 0 fully saturated rings. The number of aryl methyl sites for hydroxylation is 4. The van der Waals surface area contributed by atoms with Crippen molar-refractivity contribution >= 4 is 0 Å². The molecule has 0 radical (unpaired) electrons. The summed E-state index contributed by atoms with van der Waals surface area (Å²) in [6, 6.07) is 8.79. The molecule has 2 aromatic heterocycles. The van der Waals surface area contributed by atoms with E-state index < -0.39 is 0 Å². The SMILES string of the molecule is CCc1cc(CCCCCc2ccnc(CC)c2)ccn1. The first-order valence-electron chi connectivity index (χ1n) is 8.19. The molecule has 0 atom stereocenters. The molecule has 0 N–H and O–H groups in total. The maximum absolute atomic E-state index is 4.35. The molecule has 0 spiro atoms. The predicted octanol–water partition coefficient (Wildman–Crippen LogP) is 4.56. The standard InChI is InChI=1S/C19H26N2/c1-3-18-14-16(10-12-20-18)8-6-5-7-9-17-11-13-21-19(4-2)15-17/h10-15H,3-9H2,1-2H3. The summed E-state index contributed by atoms with van der Waals surface area (Å²) in [7, 11) is 0. The fourth-order valence-corrected chi connectivity index (χ4v) is 2.59. The van der Waals surface area contributed by atoms with Gasteiger partial charge in [-0.1, -0.05) is 20.3 Å². The van der Waals surface area contributed by atoms with E-state index in [4.69, 9.17) is 0 Å². The molecule has 0 aliphatic carbocycles. The van der Waals surface area contributed by atoms with E-state index in [9.17, 15) is 0 Å². The predicted molar refractivity (Wildman–Crippen MR) is 88.5 cm³/mol. The molecule has 2 heteroatoms. The second kappa shape index (κ2) is 8.56. The van der Waals surface area contributed by atoms with Crippen LogP contribution in [-0.4, -0.2) is 9.97 Å². The summed E-state index contributed by atoms with van der Waals surface area (Å²) in [4.78, 5) is 8.70. The van der Waals surface area contributed by atoms with Crippen molar-refractivity contribution < 1.29 is 0 Å². The van der Waals surface area contributed by atoms with Gasteiger partial charge in [-0.2, -0.15) is 0 Å². The minimum absolute atomic E-state index is 1.02. The molecule has 2 aromatic rings. The number of unbranched alkanes of at least 4 members (excludes halogenated alkanes) is 2. The van der Waals surface area contributed by atoms with Crippen LogP contribution in [0.5, 0.6) is 0 Å². The van der Waals surface area contributed by atoms with Gasteiger partial charge in [-0.05, 0) is 73.9 Å². The van der Waals surface area contributed by atoms with E-state index in [0.29, 0.717) is 0 Å². The third-order valence-electron chi connectivity index (χ3n) is 3.92. The number of rotatable bonds is 8. The van der Waals surface area contributed by atoms with E-state index >= 15 is 0 Å². The maximum atomic E-state index is 4.35. The van der Waals surface area contributed by atoms with Gasteiger partial charge in [-0.25, -0.2) is 0 Å². The first-order valence-corrected chi connectivity index (χ1v) is 8.19. The number of hydrogen-bond acceptors (Lipinski definition) is 2. The maximum Gasteiger partial charge on any atom is 0.0403 e. The Morgan fingerprint density at radius 1 is 0.714 bits per heavy atom. The van der Waals surface area contributed by atoms with Crippen LogP contribution in [-0.2, 0) is 25.7 Å². The molecule has 0 saturated heterocycles. The van der Waals surface area contributed by atoms with Gasteiger partial charge in [0.05, 0.1) is 0 Å². The molecule has 0 aromatic carbocycles. The average Bonchev–Trinajstić information content (AvgIpc) is 2.55. The van der Waals surface area contributed by atoms with Crippen molar-refractivity contribution in [3.8, 4) is 0 Å². The van der Waals surface area contributed by atoms with Crippen LogP contribution in [0.3, 0.4) is 0 Å². The fraction of sp³-hybridized carbons (Fsp3) is 0.474. The molecule has 112 valence electrons. The molecule has 2 rings (SSSR count). The van der Waals surface area contributed by atoms with Crippen LogP contribution in [0.2, 0.25) is 0 Å². The van der Waals surface area contributed by atoms with Crippen molar-refractivity contribution in [3.63, 3.8) is 0 Å². The number of pyridine rings is 2. The van der Waals surface area contributed by atoms with Gasteiger partial charge < -0.3 is 0 Å². The van der Waals surface area contributed by atoms with Crippen LogP contribution in [0.25, 0.3) is 0 Å². The fourth-order valence-electron chi connectivity index (χ4n) is 2.59. The second-order valence-electron chi connectivity index (χ2n) is 5.58. The lowest BCUT2D eigenvalue weighted by Gasteiger charge is -2.05. The van der Waals surface area contributed by atoms with Crippen molar-refractivity contribution in [2.24, 2.45) is 0 Å². The molecular weight excluding hydrogens is 256 g/mol. The Morgan fingerprint density at radius 3 is 1.62 bits per heavy atom. The highest BCUT2D eigenvalue weighted by atomic mass is 14.7. The van der Waals surface area contributed by atoms with Gasteiger partial charge in [0.2, 0.25) is 0 Å². The van der Waals surface area contributed by atoms with Crippen LogP contribution >= 0.6 is 0 Å². The summed E-state index contributed by atoms with van der Waals surface area (Å²) < 4.78 is 0. The molecule has 2 heterocycles. The van der Waals surface area contributed by atoms with Crippen molar-refractivity contribution in [1.29, 1.82) is 0 Å². The van der Waals surface area contributed by atoms with E-state index in [2.05, 4.69) is 48.1 Å². The molecule has 0 aliphatic heterocycles. The highest BCUT2D eigenvalue weighted by molar-refractivity contribution is 5.17. The van der Waals surface area contributed by atoms with Crippen LogP contribution < -0.4 is 0 Å². The first kappa shape index (κ1) is 15.7. The van der Waals surface area contributed by atoms with Gasteiger partial charge in [0.25, 0.3) is 0 Å². The zero-order valence-electron chi connectivity index (χ0n) is 13.3. The van der Waals surface area contributed by atoms with E-state index in [1.54, 1.807) is 0 Å². The smallest absolute Gasteiger partial charge is 0.0403 e. The third-order valence-corrected chi connectivity index (χ3v) is 3.92. The Labute approximate surface area is 128 Å². The van der Waals surface area contributed by atoms with Crippen molar-refractivity contribution in [3.05, 3.63) is 59.2 Å². The molecule has 21 heavy (non-hydrogen) atoms. The highest BCUT2D eigenvalue weighted by Gasteiger charge is 1.99. The van der Waals surface area contributed by atoms with Crippen LogP contribution in [0.4, 0.5) is 0 Å². The molecule has 2 nitrogen and oxygen atoms in total. The Hall–Kier alpha value is -1.70. The van der Waals surface area contributed by atoms with Crippen molar-refractivity contribution in [1.82, 2.24) is 9.97 Å². The Kier molecular flexibility index (Phi) is 6.39. The van der Waals surface area contributed by atoms with E-state index in [-0.39, 0.29) is 0 Å². The van der Waals surface area contributed by atoms with Gasteiger partial charge in [0, 0.05) is 23.8 Å². The van der Waals surface area contributed by atoms with E-state index in [1.807, 2.05) is 12.4 Å². The lowest BCUT2D eigenvalue weighted by Crippen LogP contribution is -1.93. The minimum atomic E-state index is 1.02. The van der Waals surface area contributed by atoms with E-state index in [1.165, 1.54) is 54.6 Å². The van der Waals surface area contributed by atoms with Gasteiger partial charge in [-0.3, -0.25) is 9.97 Å². The van der Waals surface area contributed by atoms with Gasteiger partial charge in [0.1, 0.15) is 0 Å². The summed E-state index contributed by atoms with van der Waals surface area (Å²) in [5, 5.41) is 0. The summed E-state index contributed by atoms with van der Waals surface area (Å²) in [6.07, 6.45) is 12.1. The third kappa shape index (κ3) is 5.30. The Balaban J connectivity index is 1.69. The monoisotopic (exact) mass is 282 g/mol. The Morgan fingerprint density at radius 2 is 1.19 bits per heavy atom. The molecule has 0 aliphatic rings. The lowest BCUT2D eigenvalue weighted by atomic mass is 10.0. The normalized spacial score (nSPS) is 10.8. The topological polar surface area (TPSA) is 25.8 Å². The summed E-state index contributed by atoms with van der Waals surface area (Å²) in [5.74, 6) is 0. The van der Waals surface area contributed by atoms with Crippen molar-refractivity contribution in [2.45, 2.75) is 58.8 Å². The van der Waals surface area contributed by atoms with Gasteiger partial charge >= 0.3 is 0 Å². The van der Waals surface area contributed by atoms with Gasteiger partial charge in [0.15, 0.2) is 0 Å². The van der Waals surface area contributed by atoms with Crippen LogP contribution in [0.1, 0.15) is 55.6 Å². The van der Waals surface area contributed by atoms with Crippen LogP contribution in [0.15, 0.2) is 36.7 Å². The van der Waals surface area contributed by atoms with Gasteiger partial charge in [-0.15, -0.1) is 0 Å². The summed E-state index contributed by atoms with van der Waals surface area (Å²) in [6.45, 7) is 4.32. The molecular formula is C19H26N2. The van der Waals surface area contributed by atoms with Crippen LogP contribution in [0, 0.1) is 0 Å². The zero-order chi connectivity index (χ0) is 14.9. The first-order chi connectivity index (χ1) is 10.3. The Bertz CT molecular complexity index is 499. The number of hydrogen-bond donors (Lipinski definition) is 0. The molecule has 0 amide bonds. The zero-order valence-corrected chi connectivity index (χ0v) is 13.3. The second-order valence-corrected chi connectivity index (χ2v) is 5.58. The quantitative estimate of drug-likeness (QED) is 0.663. The molecule has 0 unspecified atom stereocenters. The van der Waals surface area contributed by atoms with E-state index in [0.717, 1.165) is 12.8 Å². The lowest BCUT2D eigenvalue weighted by molar-refractivity contribution is 0.676. The molecule has 0 bridgehead atoms. The average molecular weight is 282 g/mol. The summed E-state index contributed by atoms with van der Waals surface area (Å²) in [5.41, 5.74) is 5.27. The molecule has 0 saturated carbocycles. The summed E-state index contributed by atoms with van der Waals surface area (Å²) >= 11 is 0.